The minimum atomic E-state index is -3.18. The first-order valence-electron chi connectivity index (χ1n) is 19.2. The highest BCUT2D eigenvalue weighted by molar-refractivity contribution is 6.71. The first kappa shape index (κ1) is 38.2. The summed E-state index contributed by atoms with van der Waals surface area (Å²) < 4.78 is 6.85. The summed E-state index contributed by atoms with van der Waals surface area (Å²) in [5.41, 5.74) is 3.32. The maximum Gasteiger partial charge on any atom is 0.269 e. The molecule has 5 atom stereocenters. The maximum absolute atomic E-state index is 15.0. The summed E-state index contributed by atoms with van der Waals surface area (Å²) in [4.78, 5) is 72.2. The number of hydrogen-bond acceptors (Lipinski definition) is 8. The number of nitro benzene ring substituents is 1. The van der Waals surface area contributed by atoms with Crippen LogP contribution >= 0.6 is 0 Å². The van der Waals surface area contributed by atoms with Crippen LogP contribution in [0, 0.1) is 16.0 Å². The second kappa shape index (κ2) is 14.7. The Kier molecular flexibility index (Phi) is 9.84. The molecule has 1 fully saturated rings. The van der Waals surface area contributed by atoms with Crippen molar-refractivity contribution in [1.29, 1.82) is 0 Å². The number of aliphatic hydroxyl groups is 1. The number of aliphatic hydroxyl groups excluding tert-OH is 1. The SMILES string of the molecule is C[C@H]1[C@H]([Si](C)(C)O)[C@@H](CC(=O)N2Cc3ccccc3C[C@H]2CO)O[C@]12C(=O)N(Cc1cccc(NC(=O)Cc3c[nH]c4ccccc34)c1)c1ccc([N+](=O)[O-])cc12. The number of nitrogens with zero attached hydrogens (tertiary/aromatic N) is 3. The van der Waals surface area contributed by atoms with Crippen LogP contribution < -0.4 is 10.2 Å². The molecule has 4 N–H and O–H groups in total. The lowest BCUT2D eigenvalue weighted by atomic mass is 9.82. The minimum Gasteiger partial charge on any atom is -0.432 e. The number of para-hydroxylation sites is 1. The third kappa shape index (κ3) is 6.82. The van der Waals surface area contributed by atoms with Crippen LogP contribution in [0.3, 0.4) is 0 Å². The molecule has 3 amide bonds. The molecule has 4 heterocycles. The fourth-order valence-corrected chi connectivity index (χ4v) is 12.0. The monoisotopic (exact) mass is 787 g/mol. The van der Waals surface area contributed by atoms with E-state index >= 15 is 4.79 Å². The second-order valence-corrected chi connectivity index (χ2v) is 20.0. The molecule has 0 aliphatic carbocycles. The Bertz CT molecular complexity index is 2410. The number of H-pyrrole nitrogens is 1. The highest BCUT2D eigenvalue weighted by atomic mass is 28.4. The number of fused-ring (bicyclic) bond motifs is 4. The lowest BCUT2D eigenvalue weighted by molar-refractivity contribution is -0.385. The van der Waals surface area contributed by atoms with Crippen LogP contribution in [0.25, 0.3) is 10.9 Å². The number of carbonyl (C=O) groups is 3. The molecule has 1 saturated heterocycles. The number of aromatic amines is 1. The number of anilines is 2. The molecule has 5 aromatic rings. The van der Waals surface area contributed by atoms with Crippen molar-refractivity contribution in [3.8, 4) is 0 Å². The molecule has 13 nitrogen and oxygen atoms in total. The van der Waals surface area contributed by atoms with Gasteiger partial charge in [-0.2, -0.15) is 0 Å². The number of hydrogen-bond donors (Lipinski definition) is 4. The minimum absolute atomic E-state index is 0.0627. The highest BCUT2D eigenvalue weighted by Gasteiger charge is 2.66. The number of benzene rings is 4. The van der Waals surface area contributed by atoms with Gasteiger partial charge in [-0.15, -0.1) is 0 Å². The molecule has 4 aromatic carbocycles. The molecule has 0 unspecified atom stereocenters. The lowest BCUT2D eigenvalue weighted by Crippen LogP contribution is -2.48. The number of ether oxygens (including phenoxy) is 1. The summed E-state index contributed by atoms with van der Waals surface area (Å²) in [6.45, 7) is 5.48. The van der Waals surface area contributed by atoms with E-state index in [4.69, 9.17) is 4.74 Å². The van der Waals surface area contributed by atoms with Crippen molar-refractivity contribution in [2.24, 2.45) is 5.92 Å². The zero-order chi connectivity index (χ0) is 40.2. The van der Waals surface area contributed by atoms with E-state index in [1.54, 1.807) is 47.2 Å². The predicted molar refractivity (Wildman–Crippen MR) is 217 cm³/mol. The summed E-state index contributed by atoms with van der Waals surface area (Å²) >= 11 is 0. The molecule has 3 aliphatic rings. The van der Waals surface area contributed by atoms with Crippen molar-refractivity contribution in [2.75, 3.05) is 16.8 Å². The highest BCUT2D eigenvalue weighted by Crippen LogP contribution is 2.60. The number of amides is 3. The molecule has 1 spiro atoms. The summed E-state index contributed by atoms with van der Waals surface area (Å²) in [5, 5.41) is 26.4. The van der Waals surface area contributed by atoms with E-state index in [2.05, 4.69) is 10.3 Å². The van der Waals surface area contributed by atoms with Crippen molar-refractivity contribution in [3.63, 3.8) is 0 Å². The van der Waals surface area contributed by atoms with Gasteiger partial charge in [0.2, 0.25) is 11.8 Å². The standard InChI is InChI=1S/C43H45N5O8Si/c1-26-41(57(2,3)55)38(21-40(51)46-24-29-11-5-4-10-28(29)18-33(46)25-49)56-43(26)35-20-32(48(53)54)15-16-37(35)47(42(43)52)23-27-9-8-12-31(17-27)45-39(50)19-30-22-44-36-14-7-6-13-34(30)36/h4-17,20,22,26,33,38,41,44,49,55H,18-19,21,23-25H2,1-3H3,(H,45,50)/t26-,33-,38+,41-,43+/m0/s1. The average Bonchev–Trinajstić information content (AvgIpc) is 3.80. The average molecular weight is 788 g/mol. The van der Waals surface area contributed by atoms with Crippen LogP contribution in [0.4, 0.5) is 17.1 Å². The van der Waals surface area contributed by atoms with E-state index in [-0.39, 0.29) is 43.5 Å². The number of nitrogens with one attached hydrogen (secondary N) is 2. The number of nitro groups is 1. The summed E-state index contributed by atoms with van der Waals surface area (Å²) in [6, 6.07) is 26.6. The molecule has 3 aliphatic heterocycles. The van der Waals surface area contributed by atoms with Gasteiger partial charge in [0, 0.05) is 58.5 Å². The van der Waals surface area contributed by atoms with Crippen LogP contribution in [0.1, 0.15) is 41.2 Å². The molecule has 8 rings (SSSR count). The molecular formula is C43H45N5O8Si. The number of carbonyl (C=O) groups excluding carboxylic acids is 3. The number of aromatic nitrogens is 1. The molecule has 14 heteroatoms. The quantitative estimate of drug-likeness (QED) is 0.0764. The van der Waals surface area contributed by atoms with Crippen LogP contribution in [0.5, 0.6) is 0 Å². The van der Waals surface area contributed by atoms with Gasteiger partial charge in [0.05, 0.1) is 48.7 Å². The van der Waals surface area contributed by atoms with Crippen molar-refractivity contribution in [1.82, 2.24) is 9.88 Å². The first-order valence-corrected chi connectivity index (χ1v) is 22.2. The zero-order valence-electron chi connectivity index (χ0n) is 32.0. The van der Waals surface area contributed by atoms with E-state index in [1.807, 2.05) is 67.7 Å². The van der Waals surface area contributed by atoms with Crippen LogP contribution in [0.15, 0.2) is 97.2 Å². The Hall–Kier alpha value is -5.67. The van der Waals surface area contributed by atoms with Gasteiger partial charge in [0.1, 0.15) is 0 Å². The molecule has 1 aromatic heterocycles. The lowest BCUT2D eigenvalue weighted by Gasteiger charge is -2.37. The molecule has 0 bridgehead atoms. The Labute approximate surface area is 330 Å². The molecule has 294 valence electrons. The van der Waals surface area contributed by atoms with E-state index in [0.717, 1.165) is 27.6 Å². The molecule has 0 radical (unpaired) electrons. The number of non-ortho nitro benzene ring substituents is 1. The molecule has 0 saturated carbocycles. The molecular weight excluding hydrogens is 743 g/mol. The van der Waals surface area contributed by atoms with Crippen molar-refractivity contribution in [2.45, 2.75) is 75.7 Å². The van der Waals surface area contributed by atoms with Crippen molar-refractivity contribution < 1.29 is 33.9 Å². The van der Waals surface area contributed by atoms with Gasteiger partial charge in [-0.3, -0.25) is 24.5 Å². The zero-order valence-corrected chi connectivity index (χ0v) is 33.0. The van der Waals surface area contributed by atoms with Crippen LogP contribution in [0.2, 0.25) is 18.6 Å². The van der Waals surface area contributed by atoms with Gasteiger partial charge in [-0.25, -0.2) is 0 Å². The van der Waals surface area contributed by atoms with E-state index in [0.29, 0.717) is 35.5 Å². The van der Waals surface area contributed by atoms with Crippen molar-refractivity contribution >= 4 is 54.0 Å². The van der Waals surface area contributed by atoms with Crippen molar-refractivity contribution in [3.05, 3.63) is 135 Å². The van der Waals surface area contributed by atoms with Gasteiger partial charge in [0.15, 0.2) is 13.9 Å². The smallest absolute Gasteiger partial charge is 0.269 e. The topological polar surface area (TPSA) is 178 Å². The largest absolute Gasteiger partial charge is 0.432 e. The Morgan fingerprint density at radius 3 is 2.54 bits per heavy atom. The normalized spacial score (nSPS) is 22.9. The maximum atomic E-state index is 15.0. The van der Waals surface area contributed by atoms with Crippen LogP contribution in [-0.2, 0) is 50.7 Å². The van der Waals surface area contributed by atoms with E-state index in [1.165, 1.54) is 12.1 Å². The van der Waals surface area contributed by atoms with Gasteiger partial charge in [0.25, 0.3) is 11.6 Å². The number of rotatable bonds is 10. The van der Waals surface area contributed by atoms with Gasteiger partial charge in [-0.05, 0) is 66.0 Å². The van der Waals surface area contributed by atoms with E-state index < -0.39 is 48.4 Å². The molecule has 57 heavy (non-hydrogen) atoms. The Balaban J connectivity index is 1.08. The fourth-order valence-electron chi connectivity index (χ4n) is 9.45. The van der Waals surface area contributed by atoms with E-state index in [9.17, 15) is 29.6 Å². The van der Waals surface area contributed by atoms with Crippen LogP contribution in [-0.4, -0.2) is 69.5 Å². The van der Waals surface area contributed by atoms with Gasteiger partial charge < -0.3 is 34.7 Å². The second-order valence-electron chi connectivity index (χ2n) is 16.0. The summed E-state index contributed by atoms with van der Waals surface area (Å²) in [5.74, 6) is -1.59. The van der Waals surface area contributed by atoms with Gasteiger partial charge >= 0.3 is 0 Å². The Morgan fingerprint density at radius 1 is 1.04 bits per heavy atom. The fraction of sp³-hybridized carbons (Fsp3) is 0.326. The summed E-state index contributed by atoms with van der Waals surface area (Å²) in [6.07, 6.45) is 1.44. The Morgan fingerprint density at radius 2 is 1.79 bits per heavy atom. The summed E-state index contributed by atoms with van der Waals surface area (Å²) in [7, 11) is -3.18. The third-order valence-corrected chi connectivity index (χ3v) is 14.5. The third-order valence-electron chi connectivity index (χ3n) is 12.0. The first-order chi connectivity index (χ1) is 27.3. The predicted octanol–water partition coefficient (Wildman–Crippen LogP) is 5.94. The van der Waals surface area contributed by atoms with Gasteiger partial charge in [-0.1, -0.05) is 61.5 Å².